The van der Waals surface area contributed by atoms with Gasteiger partial charge < -0.3 is 5.73 Å². The zero-order chi connectivity index (χ0) is 14.8. The minimum Gasteiger partial charge on any atom is -0.368 e. The van der Waals surface area contributed by atoms with Crippen LogP contribution in [-0.2, 0) is 0 Å². The predicted octanol–water partition coefficient (Wildman–Crippen LogP) is 4.49. The van der Waals surface area contributed by atoms with Crippen molar-refractivity contribution in [2.24, 2.45) is 0 Å². The molecule has 0 atom stereocenters. The van der Waals surface area contributed by atoms with Gasteiger partial charge in [0.05, 0.1) is 5.52 Å². The molecule has 0 unspecified atom stereocenters. The quantitative estimate of drug-likeness (QED) is 0.723. The molecule has 2 N–H and O–H groups in total. The minimum atomic E-state index is 0.315. The van der Waals surface area contributed by atoms with E-state index in [2.05, 4.69) is 48.1 Å². The molecule has 0 fully saturated rings. The lowest BCUT2D eigenvalue weighted by molar-refractivity contribution is 0.865. The third-order valence-corrected chi connectivity index (χ3v) is 4.36. The van der Waals surface area contributed by atoms with Gasteiger partial charge in [0.2, 0.25) is 5.95 Å². The summed E-state index contributed by atoms with van der Waals surface area (Å²) in [5.41, 5.74) is 8.03. The Hall–Kier alpha value is -2.07. The molecule has 2 aromatic carbocycles. The van der Waals surface area contributed by atoms with Gasteiger partial charge in [-0.1, -0.05) is 55.9 Å². The lowest BCUT2D eigenvalue weighted by Crippen LogP contribution is -1.97. The van der Waals surface area contributed by atoms with Gasteiger partial charge in [0.1, 0.15) is 5.03 Å². The summed E-state index contributed by atoms with van der Waals surface area (Å²) in [7, 11) is 0. The molecule has 3 rings (SSSR count). The second kappa shape index (κ2) is 5.74. The molecule has 4 heteroatoms. The van der Waals surface area contributed by atoms with Crippen LogP contribution in [0, 0.1) is 0 Å². The average Bonchev–Trinajstić information content (AvgIpc) is 2.47. The summed E-state index contributed by atoms with van der Waals surface area (Å²) in [5.74, 6) is 0.856. The monoisotopic (exact) mass is 295 g/mol. The van der Waals surface area contributed by atoms with Gasteiger partial charge in [-0.15, -0.1) is 0 Å². The highest BCUT2D eigenvalue weighted by Gasteiger charge is 2.08. The number of nitrogens with zero attached hydrogens (tertiary/aromatic N) is 2. The molecule has 0 aliphatic carbocycles. The fraction of sp³-hybridized carbons (Fsp3) is 0.176. The van der Waals surface area contributed by atoms with Crippen LogP contribution in [0.15, 0.2) is 58.5 Å². The van der Waals surface area contributed by atoms with Gasteiger partial charge in [-0.05, 0) is 29.7 Å². The molecule has 3 aromatic rings. The lowest BCUT2D eigenvalue weighted by Gasteiger charge is -2.08. The van der Waals surface area contributed by atoms with Crippen molar-refractivity contribution in [2.45, 2.75) is 29.7 Å². The molecule has 0 spiro atoms. The summed E-state index contributed by atoms with van der Waals surface area (Å²) < 4.78 is 0. The molecule has 0 bridgehead atoms. The molecule has 0 saturated carbocycles. The highest BCUT2D eigenvalue weighted by Crippen LogP contribution is 2.32. The first-order valence-corrected chi connectivity index (χ1v) is 7.75. The first kappa shape index (κ1) is 13.9. The molecule has 0 aliphatic rings. The van der Waals surface area contributed by atoms with E-state index in [1.165, 1.54) is 5.56 Å². The van der Waals surface area contributed by atoms with Crippen LogP contribution in [0.1, 0.15) is 25.3 Å². The molecule has 3 nitrogen and oxygen atoms in total. The van der Waals surface area contributed by atoms with E-state index in [9.17, 15) is 0 Å². The van der Waals surface area contributed by atoms with E-state index in [1.807, 2.05) is 24.3 Å². The molecule has 1 heterocycles. The number of benzene rings is 2. The number of hydrogen-bond acceptors (Lipinski definition) is 4. The maximum atomic E-state index is 5.81. The van der Waals surface area contributed by atoms with Crippen molar-refractivity contribution in [3.63, 3.8) is 0 Å². The Morgan fingerprint density at radius 1 is 0.952 bits per heavy atom. The Kier molecular flexibility index (Phi) is 3.80. The Morgan fingerprint density at radius 2 is 1.67 bits per heavy atom. The summed E-state index contributed by atoms with van der Waals surface area (Å²) in [6.07, 6.45) is 0. The number of anilines is 1. The fourth-order valence-electron chi connectivity index (χ4n) is 2.17. The summed E-state index contributed by atoms with van der Waals surface area (Å²) in [6, 6.07) is 16.5. The predicted molar refractivity (Wildman–Crippen MR) is 88.6 cm³/mol. The summed E-state index contributed by atoms with van der Waals surface area (Å²) in [5, 5.41) is 1.93. The van der Waals surface area contributed by atoms with Crippen LogP contribution in [0.3, 0.4) is 0 Å². The second-order valence-electron chi connectivity index (χ2n) is 5.23. The van der Waals surface area contributed by atoms with E-state index in [4.69, 9.17) is 5.73 Å². The molecule has 0 saturated heterocycles. The van der Waals surface area contributed by atoms with Crippen molar-refractivity contribution in [3.05, 3.63) is 54.1 Å². The Morgan fingerprint density at radius 3 is 2.38 bits per heavy atom. The van der Waals surface area contributed by atoms with Crippen LogP contribution >= 0.6 is 11.8 Å². The number of nitrogen functional groups attached to an aromatic ring is 1. The van der Waals surface area contributed by atoms with Gasteiger partial charge >= 0.3 is 0 Å². The smallest absolute Gasteiger partial charge is 0.221 e. The first-order chi connectivity index (χ1) is 10.1. The lowest BCUT2D eigenvalue weighted by atomic mass is 10.0. The standard InChI is InChI=1S/C17H17N3S/c1-11(2)12-7-9-13(10-8-12)21-16-14-5-3-4-6-15(14)19-17(18)20-16/h3-11H,1-2H3,(H2,18,19,20). The van der Waals surface area contributed by atoms with Gasteiger partial charge in [0.25, 0.3) is 0 Å². The van der Waals surface area contributed by atoms with Gasteiger partial charge in [-0.3, -0.25) is 0 Å². The SMILES string of the molecule is CC(C)c1ccc(Sc2nc(N)nc3ccccc23)cc1. The number of fused-ring (bicyclic) bond motifs is 1. The van der Waals surface area contributed by atoms with Crippen molar-refractivity contribution < 1.29 is 0 Å². The largest absolute Gasteiger partial charge is 0.368 e. The van der Waals surface area contributed by atoms with E-state index >= 15 is 0 Å². The molecule has 106 valence electrons. The summed E-state index contributed by atoms with van der Waals surface area (Å²) >= 11 is 1.62. The summed E-state index contributed by atoms with van der Waals surface area (Å²) in [4.78, 5) is 9.81. The van der Waals surface area contributed by atoms with E-state index in [1.54, 1.807) is 11.8 Å². The third kappa shape index (κ3) is 3.00. The first-order valence-electron chi connectivity index (χ1n) is 6.93. The highest BCUT2D eigenvalue weighted by atomic mass is 32.2. The molecule has 1 aromatic heterocycles. The van der Waals surface area contributed by atoms with Gasteiger partial charge in [0, 0.05) is 10.3 Å². The molecular formula is C17H17N3S. The van der Waals surface area contributed by atoms with Gasteiger partial charge in [-0.2, -0.15) is 0 Å². The molecule has 0 radical (unpaired) electrons. The maximum Gasteiger partial charge on any atom is 0.221 e. The highest BCUT2D eigenvalue weighted by molar-refractivity contribution is 7.99. The minimum absolute atomic E-state index is 0.315. The number of para-hydroxylation sites is 1. The van der Waals surface area contributed by atoms with Crippen LogP contribution in [0.5, 0.6) is 0 Å². The average molecular weight is 295 g/mol. The topological polar surface area (TPSA) is 51.8 Å². The molecule has 0 amide bonds. The Balaban J connectivity index is 1.97. The van der Waals surface area contributed by atoms with E-state index in [0.717, 1.165) is 20.8 Å². The van der Waals surface area contributed by atoms with Crippen LogP contribution in [0.2, 0.25) is 0 Å². The van der Waals surface area contributed by atoms with Crippen LogP contribution < -0.4 is 5.73 Å². The normalized spacial score (nSPS) is 11.2. The Labute approximate surface area is 128 Å². The molecule has 0 aliphatic heterocycles. The van der Waals surface area contributed by atoms with E-state index in [-0.39, 0.29) is 0 Å². The van der Waals surface area contributed by atoms with Crippen LogP contribution in [0.4, 0.5) is 5.95 Å². The van der Waals surface area contributed by atoms with Crippen LogP contribution in [-0.4, -0.2) is 9.97 Å². The van der Waals surface area contributed by atoms with Gasteiger partial charge in [-0.25, -0.2) is 9.97 Å². The zero-order valence-corrected chi connectivity index (χ0v) is 12.9. The van der Waals surface area contributed by atoms with Crippen molar-refractivity contribution >= 4 is 28.6 Å². The number of rotatable bonds is 3. The van der Waals surface area contributed by atoms with E-state index in [0.29, 0.717) is 11.9 Å². The van der Waals surface area contributed by atoms with Crippen LogP contribution in [0.25, 0.3) is 10.9 Å². The zero-order valence-electron chi connectivity index (χ0n) is 12.1. The van der Waals surface area contributed by atoms with Crippen molar-refractivity contribution in [3.8, 4) is 0 Å². The number of hydrogen-bond donors (Lipinski definition) is 1. The second-order valence-corrected chi connectivity index (χ2v) is 6.29. The van der Waals surface area contributed by atoms with Gasteiger partial charge in [0.15, 0.2) is 0 Å². The van der Waals surface area contributed by atoms with Crippen molar-refractivity contribution in [1.82, 2.24) is 9.97 Å². The fourth-order valence-corrected chi connectivity index (χ4v) is 3.09. The Bertz CT molecular complexity index is 767. The number of nitrogens with two attached hydrogens (primary N) is 1. The molecule has 21 heavy (non-hydrogen) atoms. The maximum absolute atomic E-state index is 5.81. The number of aromatic nitrogens is 2. The van der Waals surface area contributed by atoms with E-state index < -0.39 is 0 Å². The molecular weight excluding hydrogens is 278 g/mol. The summed E-state index contributed by atoms with van der Waals surface area (Å²) in [6.45, 7) is 4.39. The third-order valence-electron chi connectivity index (χ3n) is 3.35. The van der Waals surface area contributed by atoms with Crippen molar-refractivity contribution in [1.29, 1.82) is 0 Å². The van der Waals surface area contributed by atoms with Crippen molar-refractivity contribution in [2.75, 3.05) is 5.73 Å².